The number of aromatic nitrogens is 1. The lowest BCUT2D eigenvalue weighted by Gasteiger charge is -2.61. The summed E-state index contributed by atoms with van der Waals surface area (Å²) in [6.45, 7) is 5.95. The zero-order valence-corrected chi connectivity index (χ0v) is 25.3. The van der Waals surface area contributed by atoms with Gasteiger partial charge in [-0.2, -0.15) is 4.39 Å². The van der Waals surface area contributed by atoms with Crippen LogP contribution in [0.4, 0.5) is 14.5 Å². The second kappa shape index (κ2) is 11.6. The molecule has 1 heterocycles. The van der Waals surface area contributed by atoms with Crippen LogP contribution in [0.2, 0.25) is 0 Å². The summed E-state index contributed by atoms with van der Waals surface area (Å²) in [5.41, 5.74) is 0.780. The number of nitrogens with one attached hydrogen (secondary N) is 1. The molecule has 4 aliphatic carbocycles. The van der Waals surface area contributed by atoms with E-state index in [-0.39, 0.29) is 43.1 Å². The number of alkyl halides is 1. The minimum atomic E-state index is -1.55. The Labute approximate surface area is 249 Å². The van der Waals surface area contributed by atoms with E-state index >= 15 is 0 Å². The van der Waals surface area contributed by atoms with Crippen LogP contribution in [0.3, 0.4) is 0 Å². The molecular weight excluding hydrogens is 564 g/mol. The van der Waals surface area contributed by atoms with Crippen LogP contribution in [0.15, 0.2) is 41.2 Å². The van der Waals surface area contributed by atoms with Gasteiger partial charge in [-0.05, 0) is 85.1 Å². The number of nitrogens with two attached hydrogens (primary N) is 1. The molecule has 4 aliphatic rings. The van der Waals surface area contributed by atoms with Crippen LogP contribution in [-0.2, 0) is 19.1 Å². The number of hydrogen-bond acceptors (Lipinski definition) is 8. The van der Waals surface area contributed by atoms with Gasteiger partial charge in [-0.25, -0.2) is 14.2 Å². The monoisotopic (exact) mass is 604 g/mol. The van der Waals surface area contributed by atoms with E-state index in [1.165, 1.54) is 31.2 Å². The largest absolute Gasteiger partial charge is 0.448 e. The maximum Gasteiger partial charge on any atom is 0.333 e. The molecule has 8 atom stereocenters. The molecule has 0 radical (unpaired) electrons. The van der Waals surface area contributed by atoms with Crippen molar-refractivity contribution < 1.29 is 38.3 Å². The number of fused-ring (bicyclic) bond motifs is 5. The summed E-state index contributed by atoms with van der Waals surface area (Å²) in [6.07, 6.45) is 6.61. The fourth-order valence-corrected chi connectivity index (χ4v) is 9.83. The van der Waals surface area contributed by atoms with Crippen molar-refractivity contribution in [1.29, 1.82) is 5.41 Å². The molecule has 5 rings (SSSR count). The standard InChI is InChI=1S/C31H39F2N3O5S/c1-17-9-20-21-7-8-31(28(39)42-16-32,41-26(38)15-40-4)30(21,3)12-24(37)27(20)29(2)11-18(13-34)23(10-22(17)29)36-19-5-6-25(33)35-14-19/h5-6,10,13-14,17,20-21,24,27,34,36-37H,7-9,11-12,15-16H2,1-4H3/p+1/t17-,20-,21?,24-,27?,29-,30-,31-/m0/s1. The van der Waals surface area contributed by atoms with Gasteiger partial charge in [0.2, 0.25) is 11.1 Å². The fourth-order valence-electron chi connectivity index (χ4n) is 9.12. The van der Waals surface area contributed by atoms with E-state index in [2.05, 4.69) is 24.9 Å². The number of carbonyl (C=O) groups excluding carboxylic acids is 2. The van der Waals surface area contributed by atoms with Crippen molar-refractivity contribution in [3.8, 4) is 0 Å². The summed E-state index contributed by atoms with van der Waals surface area (Å²) in [7, 11) is 1.37. The summed E-state index contributed by atoms with van der Waals surface area (Å²) < 4.78 is 37.8. The lowest BCUT2D eigenvalue weighted by atomic mass is 9.44. The smallest absolute Gasteiger partial charge is 0.333 e. The first kappa shape index (κ1) is 31.0. The number of nitrogens with zero attached hydrogens (tertiary/aromatic N) is 1. The summed E-state index contributed by atoms with van der Waals surface area (Å²) in [4.78, 5) is 30.0. The second-order valence-electron chi connectivity index (χ2n) is 12.8. The number of quaternary nitrogens is 1. The van der Waals surface area contributed by atoms with E-state index < -0.39 is 45.6 Å². The minimum absolute atomic E-state index is 0.0286. The SMILES string of the molecule is COCC(=O)O[C@]1(C(=O)SCF)CCC2[C@@H]3C[C@H](C)C4=CC([NH2+]c5ccc(F)nc5)=C(C=N)C[C@]4(C)C3[C@@H](O)C[C@@]21C. The molecule has 11 heteroatoms. The normalized spacial score (nSPS) is 37.3. The van der Waals surface area contributed by atoms with Crippen LogP contribution in [-0.4, -0.2) is 58.8 Å². The van der Waals surface area contributed by atoms with Gasteiger partial charge in [0.05, 0.1) is 12.3 Å². The maximum absolute atomic E-state index is 13.5. The molecular formula is C31H40F2N3O5S+. The van der Waals surface area contributed by atoms with Crippen molar-refractivity contribution in [1.82, 2.24) is 4.98 Å². The summed E-state index contributed by atoms with van der Waals surface area (Å²) >= 11 is 0.521. The van der Waals surface area contributed by atoms with E-state index in [1.807, 2.05) is 12.2 Å². The number of ether oxygens (including phenoxy) is 2. The molecule has 0 amide bonds. The highest BCUT2D eigenvalue weighted by Gasteiger charge is 2.71. The number of rotatable bonds is 8. The Morgan fingerprint density at radius 2 is 2.10 bits per heavy atom. The summed E-state index contributed by atoms with van der Waals surface area (Å²) in [5, 5.41) is 21.6. The molecule has 3 fully saturated rings. The topological polar surface area (TPSA) is 126 Å². The molecule has 0 aromatic carbocycles. The van der Waals surface area contributed by atoms with Crippen molar-refractivity contribution >= 4 is 34.7 Å². The first-order valence-electron chi connectivity index (χ1n) is 14.5. The molecule has 42 heavy (non-hydrogen) atoms. The number of allylic oxidation sites excluding steroid dienone is 3. The van der Waals surface area contributed by atoms with Gasteiger partial charge in [0, 0.05) is 30.4 Å². The number of hydrogen-bond donors (Lipinski definition) is 3. The highest BCUT2D eigenvalue weighted by molar-refractivity contribution is 8.13. The van der Waals surface area contributed by atoms with E-state index in [4.69, 9.17) is 14.9 Å². The van der Waals surface area contributed by atoms with Crippen LogP contribution in [0.25, 0.3) is 0 Å². The molecule has 0 spiro atoms. The minimum Gasteiger partial charge on any atom is -0.448 e. The average Bonchev–Trinajstić information content (AvgIpc) is 3.22. The predicted octanol–water partition coefficient (Wildman–Crippen LogP) is 4.22. The molecule has 3 saturated carbocycles. The van der Waals surface area contributed by atoms with E-state index in [9.17, 15) is 23.5 Å². The molecule has 1 aromatic heterocycles. The van der Waals surface area contributed by atoms with Gasteiger partial charge in [-0.15, -0.1) is 0 Å². The first-order valence-corrected chi connectivity index (χ1v) is 15.5. The zero-order valence-electron chi connectivity index (χ0n) is 24.5. The number of pyridine rings is 1. The Morgan fingerprint density at radius 1 is 1.33 bits per heavy atom. The van der Waals surface area contributed by atoms with Crippen molar-refractivity contribution in [3.63, 3.8) is 0 Å². The molecule has 8 nitrogen and oxygen atoms in total. The van der Waals surface area contributed by atoms with Gasteiger partial charge in [0.25, 0.3) is 0 Å². The van der Waals surface area contributed by atoms with Gasteiger partial charge in [0.1, 0.15) is 18.3 Å². The van der Waals surface area contributed by atoms with Crippen LogP contribution in [0.5, 0.6) is 0 Å². The number of thioether (sulfide) groups is 1. The van der Waals surface area contributed by atoms with Gasteiger partial charge in [-0.3, -0.25) is 10.1 Å². The van der Waals surface area contributed by atoms with Crippen LogP contribution in [0.1, 0.15) is 52.9 Å². The molecule has 228 valence electrons. The van der Waals surface area contributed by atoms with E-state index in [0.29, 0.717) is 24.6 Å². The lowest BCUT2D eigenvalue weighted by Crippen LogP contribution is -2.76. The Bertz CT molecular complexity index is 1320. The number of halogens is 2. The molecule has 1 aromatic rings. The van der Waals surface area contributed by atoms with Gasteiger partial charge in [-0.1, -0.05) is 26.3 Å². The third kappa shape index (κ3) is 4.86. The fraction of sp³-hybridized carbons (Fsp3) is 0.613. The molecule has 4 N–H and O–H groups in total. The molecule has 0 saturated heterocycles. The lowest BCUT2D eigenvalue weighted by molar-refractivity contribution is -0.513. The summed E-state index contributed by atoms with van der Waals surface area (Å²) in [6, 6.07) is 2.04. The number of esters is 1. The van der Waals surface area contributed by atoms with E-state index in [1.54, 1.807) is 6.07 Å². The Balaban J connectivity index is 1.51. The second-order valence-corrected chi connectivity index (χ2v) is 13.7. The molecule has 2 unspecified atom stereocenters. The van der Waals surface area contributed by atoms with Gasteiger partial charge < -0.3 is 20.0 Å². The van der Waals surface area contributed by atoms with Gasteiger partial charge >= 0.3 is 5.97 Å². The maximum atomic E-state index is 13.5. The highest BCUT2D eigenvalue weighted by Crippen LogP contribution is 2.69. The van der Waals surface area contributed by atoms with Crippen LogP contribution < -0.4 is 5.32 Å². The Hall–Kier alpha value is -2.47. The number of methoxy groups -OCH3 is 1. The van der Waals surface area contributed by atoms with Crippen molar-refractivity contribution in [2.24, 2.45) is 34.5 Å². The highest BCUT2D eigenvalue weighted by atomic mass is 32.2. The van der Waals surface area contributed by atoms with Crippen molar-refractivity contribution in [3.05, 3.63) is 47.2 Å². The third-order valence-electron chi connectivity index (χ3n) is 10.7. The number of aliphatic hydroxyl groups is 1. The Kier molecular flexibility index (Phi) is 8.52. The molecule has 0 aliphatic heterocycles. The number of aliphatic hydroxyl groups excluding tert-OH is 1. The van der Waals surface area contributed by atoms with Crippen LogP contribution >= 0.6 is 11.8 Å². The molecule has 0 bridgehead atoms. The Morgan fingerprint density at radius 3 is 2.74 bits per heavy atom. The first-order chi connectivity index (χ1) is 19.9. The summed E-state index contributed by atoms with van der Waals surface area (Å²) in [5.74, 6) is -1.22. The third-order valence-corrected chi connectivity index (χ3v) is 11.4. The van der Waals surface area contributed by atoms with E-state index in [0.717, 1.165) is 23.4 Å². The van der Waals surface area contributed by atoms with Crippen molar-refractivity contribution in [2.75, 3.05) is 19.7 Å². The van der Waals surface area contributed by atoms with Gasteiger partial charge in [0.15, 0.2) is 11.3 Å². The van der Waals surface area contributed by atoms with Crippen molar-refractivity contribution in [2.45, 2.75) is 64.6 Å². The number of carbonyl (C=O) groups is 2. The quantitative estimate of drug-likeness (QED) is 0.230. The van der Waals surface area contributed by atoms with Crippen LogP contribution in [0, 0.1) is 45.9 Å². The zero-order chi connectivity index (χ0) is 30.4. The predicted molar refractivity (Wildman–Crippen MR) is 154 cm³/mol. The average molecular weight is 605 g/mol.